The van der Waals surface area contributed by atoms with E-state index in [4.69, 9.17) is 4.74 Å². The van der Waals surface area contributed by atoms with Crippen LogP contribution in [0.1, 0.15) is 30.1 Å². The van der Waals surface area contributed by atoms with Gasteiger partial charge in [-0.15, -0.1) is 0 Å². The summed E-state index contributed by atoms with van der Waals surface area (Å²) in [4.78, 5) is 2.35. The maximum Gasteiger partial charge on any atom is 0.133 e. The highest BCUT2D eigenvalue weighted by molar-refractivity contribution is 5.35. The number of ether oxygens (including phenoxy) is 1. The third-order valence-corrected chi connectivity index (χ3v) is 4.26. The van der Waals surface area contributed by atoms with Crippen molar-refractivity contribution in [1.82, 2.24) is 4.90 Å². The molecule has 1 saturated heterocycles. The van der Waals surface area contributed by atoms with Crippen molar-refractivity contribution in [1.29, 1.82) is 0 Å². The van der Waals surface area contributed by atoms with Crippen molar-refractivity contribution in [2.75, 3.05) is 26.2 Å². The molecular formula is C19H22FNO2. The highest BCUT2D eigenvalue weighted by Crippen LogP contribution is 2.26. The fraction of sp³-hybridized carbons (Fsp3) is 0.368. The molecule has 23 heavy (non-hydrogen) atoms. The zero-order valence-electron chi connectivity index (χ0n) is 13.1. The van der Waals surface area contributed by atoms with Gasteiger partial charge in [0.15, 0.2) is 0 Å². The zero-order chi connectivity index (χ0) is 16.1. The molecule has 2 aromatic rings. The maximum atomic E-state index is 14.3. The van der Waals surface area contributed by atoms with Gasteiger partial charge in [0, 0.05) is 18.2 Å². The molecule has 1 N–H and O–H groups in total. The Hall–Kier alpha value is -1.91. The van der Waals surface area contributed by atoms with Crippen LogP contribution in [0, 0.1) is 5.82 Å². The monoisotopic (exact) mass is 315 g/mol. The van der Waals surface area contributed by atoms with E-state index in [-0.39, 0.29) is 5.56 Å². The van der Waals surface area contributed by atoms with Crippen LogP contribution in [0.15, 0.2) is 48.5 Å². The van der Waals surface area contributed by atoms with Crippen molar-refractivity contribution in [2.45, 2.75) is 18.9 Å². The summed E-state index contributed by atoms with van der Waals surface area (Å²) in [5.74, 6) is 0.0609. The van der Waals surface area contributed by atoms with Gasteiger partial charge in [-0.2, -0.15) is 0 Å². The fourth-order valence-corrected chi connectivity index (χ4v) is 2.93. The molecule has 0 aromatic heterocycles. The Morgan fingerprint density at radius 1 is 1.09 bits per heavy atom. The smallest absolute Gasteiger partial charge is 0.133 e. The minimum atomic E-state index is -0.963. The van der Waals surface area contributed by atoms with Gasteiger partial charge < -0.3 is 9.84 Å². The van der Waals surface area contributed by atoms with E-state index in [1.165, 1.54) is 18.9 Å². The third kappa shape index (κ3) is 4.09. The number of likely N-dealkylation sites (tertiary alicyclic amines) is 1. The summed E-state index contributed by atoms with van der Waals surface area (Å²) in [5, 5.41) is 10.3. The molecule has 0 saturated carbocycles. The van der Waals surface area contributed by atoms with Crippen molar-refractivity contribution in [3.63, 3.8) is 0 Å². The molecule has 4 heteroatoms. The first kappa shape index (κ1) is 16.0. The number of hydrogen-bond donors (Lipinski definition) is 1. The SMILES string of the molecule is OC(c1ccccc1)c1ccc(OCCN2CCCC2)cc1F. The van der Waals surface area contributed by atoms with Crippen LogP contribution < -0.4 is 4.74 Å². The minimum absolute atomic E-state index is 0.267. The summed E-state index contributed by atoms with van der Waals surface area (Å²) in [7, 11) is 0. The van der Waals surface area contributed by atoms with Crippen LogP contribution in [0.2, 0.25) is 0 Å². The molecule has 1 fully saturated rings. The molecule has 1 unspecified atom stereocenters. The van der Waals surface area contributed by atoms with E-state index < -0.39 is 11.9 Å². The topological polar surface area (TPSA) is 32.7 Å². The molecule has 3 nitrogen and oxygen atoms in total. The Morgan fingerprint density at radius 3 is 2.52 bits per heavy atom. The highest BCUT2D eigenvalue weighted by Gasteiger charge is 2.16. The number of nitrogens with zero attached hydrogens (tertiary/aromatic N) is 1. The lowest BCUT2D eigenvalue weighted by Gasteiger charge is -2.16. The van der Waals surface area contributed by atoms with E-state index in [9.17, 15) is 9.50 Å². The molecule has 0 amide bonds. The molecule has 1 heterocycles. The normalized spacial score (nSPS) is 16.4. The van der Waals surface area contributed by atoms with Gasteiger partial charge in [0.1, 0.15) is 24.3 Å². The molecule has 0 spiro atoms. The minimum Gasteiger partial charge on any atom is -0.492 e. The third-order valence-electron chi connectivity index (χ3n) is 4.26. The molecule has 0 radical (unpaired) electrons. The summed E-state index contributed by atoms with van der Waals surface area (Å²) < 4.78 is 19.9. The molecule has 122 valence electrons. The summed E-state index contributed by atoms with van der Waals surface area (Å²) in [6, 6.07) is 13.7. The summed E-state index contributed by atoms with van der Waals surface area (Å²) >= 11 is 0. The molecule has 1 atom stereocenters. The first-order valence-electron chi connectivity index (χ1n) is 8.11. The molecule has 1 aliphatic heterocycles. The molecule has 0 aliphatic carbocycles. The van der Waals surface area contributed by atoms with Crippen LogP contribution in [-0.2, 0) is 0 Å². The summed E-state index contributed by atoms with van der Waals surface area (Å²) in [5.41, 5.74) is 0.942. The van der Waals surface area contributed by atoms with Gasteiger partial charge in [-0.05, 0) is 43.6 Å². The number of halogens is 1. The largest absolute Gasteiger partial charge is 0.492 e. The Morgan fingerprint density at radius 2 is 1.83 bits per heavy atom. The van der Waals surface area contributed by atoms with Crippen LogP contribution in [-0.4, -0.2) is 36.2 Å². The molecule has 2 aromatic carbocycles. The van der Waals surface area contributed by atoms with Gasteiger partial charge in [-0.3, -0.25) is 4.90 Å². The van der Waals surface area contributed by atoms with E-state index in [0.29, 0.717) is 17.9 Å². The number of aliphatic hydroxyl groups excluding tert-OH is 1. The molecular weight excluding hydrogens is 293 g/mol. The number of rotatable bonds is 6. The van der Waals surface area contributed by atoms with Gasteiger partial charge in [-0.25, -0.2) is 4.39 Å². The van der Waals surface area contributed by atoms with E-state index >= 15 is 0 Å². The van der Waals surface area contributed by atoms with Crippen LogP contribution in [0.5, 0.6) is 5.75 Å². The predicted octanol–water partition coefficient (Wildman–Crippen LogP) is 3.38. The number of benzene rings is 2. The average Bonchev–Trinajstić information content (AvgIpc) is 3.09. The second-order valence-electron chi connectivity index (χ2n) is 5.89. The Labute approximate surface area is 136 Å². The number of hydrogen-bond acceptors (Lipinski definition) is 3. The van der Waals surface area contributed by atoms with E-state index in [0.717, 1.165) is 19.6 Å². The van der Waals surface area contributed by atoms with E-state index in [1.54, 1.807) is 24.3 Å². The van der Waals surface area contributed by atoms with Gasteiger partial charge in [0.05, 0.1) is 0 Å². The maximum absolute atomic E-state index is 14.3. The first-order chi connectivity index (χ1) is 11.2. The summed E-state index contributed by atoms with van der Waals surface area (Å²) in [6.45, 7) is 3.68. The lowest BCUT2D eigenvalue weighted by atomic mass is 10.0. The van der Waals surface area contributed by atoms with Gasteiger partial charge in [0.2, 0.25) is 0 Å². The second kappa shape index (κ2) is 7.57. The van der Waals surface area contributed by atoms with Crippen molar-refractivity contribution in [2.24, 2.45) is 0 Å². The van der Waals surface area contributed by atoms with Crippen molar-refractivity contribution < 1.29 is 14.2 Å². The highest BCUT2D eigenvalue weighted by atomic mass is 19.1. The lowest BCUT2D eigenvalue weighted by Crippen LogP contribution is -2.25. The molecule has 1 aliphatic rings. The van der Waals surface area contributed by atoms with Crippen molar-refractivity contribution >= 4 is 0 Å². The second-order valence-corrected chi connectivity index (χ2v) is 5.89. The quantitative estimate of drug-likeness (QED) is 0.887. The molecule has 0 bridgehead atoms. The predicted molar refractivity (Wildman–Crippen MR) is 88.1 cm³/mol. The first-order valence-corrected chi connectivity index (χ1v) is 8.11. The van der Waals surface area contributed by atoms with E-state index in [1.807, 2.05) is 18.2 Å². The Bertz CT molecular complexity index is 627. The van der Waals surface area contributed by atoms with Crippen molar-refractivity contribution in [3.05, 3.63) is 65.5 Å². The zero-order valence-corrected chi connectivity index (χ0v) is 13.1. The van der Waals surface area contributed by atoms with Gasteiger partial charge >= 0.3 is 0 Å². The van der Waals surface area contributed by atoms with Crippen LogP contribution >= 0.6 is 0 Å². The lowest BCUT2D eigenvalue weighted by molar-refractivity contribution is 0.213. The van der Waals surface area contributed by atoms with Crippen LogP contribution in [0.4, 0.5) is 4.39 Å². The van der Waals surface area contributed by atoms with Gasteiger partial charge in [-0.1, -0.05) is 30.3 Å². The number of aliphatic hydroxyl groups is 1. The fourth-order valence-electron chi connectivity index (χ4n) is 2.93. The Balaban J connectivity index is 1.61. The van der Waals surface area contributed by atoms with Crippen LogP contribution in [0.25, 0.3) is 0 Å². The average molecular weight is 315 g/mol. The van der Waals surface area contributed by atoms with Crippen LogP contribution in [0.3, 0.4) is 0 Å². The van der Waals surface area contributed by atoms with Crippen molar-refractivity contribution in [3.8, 4) is 5.75 Å². The molecule has 3 rings (SSSR count). The summed E-state index contributed by atoms with van der Waals surface area (Å²) in [6.07, 6.45) is 1.54. The van der Waals surface area contributed by atoms with Gasteiger partial charge in [0.25, 0.3) is 0 Å². The Kier molecular flexibility index (Phi) is 5.26. The standard InChI is InChI=1S/C19H22FNO2/c20-18-14-16(23-13-12-21-10-4-5-11-21)8-9-17(18)19(22)15-6-2-1-3-7-15/h1-3,6-9,14,19,22H,4-5,10-13H2. The van der Waals surface area contributed by atoms with E-state index in [2.05, 4.69) is 4.90 Å².